The van der Waals surface area contributed by atoms with Gasteiger partial charge in [0.05, 0.1) is 11.6 Å². The van der Waals surface area contributed by atoms with Gasteiger partial charge in [0.2, 0.25) is 5.91 Å². The molecule has 2 saturated heterocycles. The van der Waals surface area contributed by atoms with Gasteiger partial charge in [0.15, 0.2) is 0 Å². The molecule has 8 nitrogen and oxygen atoms in total. The van der Waals surface area contributed by atoms with Crippen molar-refractivity contribution in [3.8, 4) is 0 Å². The molecule has 2 aliphatic heterocycles. The summed E-state index contributed by atoms with van der Waals surface area (Å²) in [5, 5.41) is 14.8. The minimum absolute atomic E-state index is 0.0945. The highest BCUT2D eigenvalue weighted by Crippen LogP contribution is 2.52. The number of likely N-dealkylation sites (N-methyl/N-ethyl adjacent to an activating group) is 1. The average molecular weight is 349 g/mol. The highest BCUT2D eigenvalue weighted by atomic mass is 32.2. The van der Waals surface area contributed by atoms with Crippen LogP contribution in [0.1, 0.15) is 0 Å². The molecule has 0 aliphatic carbocycles. The van der Waals surface area contributed by atoms with Crippen LogP contribution in [0.4, 0.5) is 0 Å². The molecule has 0 saturated carbocycles. The number of nitrogens with zero attached hydrogens (tertiary/aromatic N) is 1. The summed E-state index contributed by atoms with van der Waals surface area (Å²) in [7, 11) is 1.97. The van der Waals surface area contributed by atoms with Crippen molar-refractivity contribution in [1.29, 1.82) is 0 Å². The zero-order chi connectivity index (χ0) is 16.5. The van der Waals surface area contributed by atoms with Crippen molar-refractivity contribution in [3.63, 3.8) is 0 Å². The lowest BCUT2D eigenvalue weighted by atomic mass is 10.0. The van der Waals surface area contributed by atoms with Gasteiger partial charge in [-0.25, -0.2) is 0 Å². The normalized spacial score (nSPS) is 29.2. The van der Waals surface area contributed by atoms with Crippen molar-refractivity contribution >= 4 is 25.3 Å². The Morgan fingerprint density at radius 3 is 2.59 bits per heavy atom. The van der Waals surface area contributed by atoms with Gasteiger partial charge in [0.1, 0.15) is 11.4 Å². The number of allylic oxidation sites excluding steroid dienone is 1. The molecule has 2 unspecified atom stereocenters. The van der Waals surface area contributed by atoms with Crippen LogP contribution in [0.15, 0.2) is 23.0 Å². The molecule has 124 valence electrons. The molecule has 10 heteroatoms. The maximum atomic E-state index is 12.3. The number of carbonyl (C=O) groups is 1. The molecule has 0 radical (unpaired) electrons. The molecule has 1 amide bonds. The summed E-state index contributed by atoms with van der Waals surface area (Å²) in [6, 6.07) is -0.345. The lowest BCUT2D eigenvalue weighted by Gasteiger charge is -2.51. The number of rotatable bonds is 5. The first-order chi connectivity index (χ1) is 10.4. The Bertz CT molecular complexity index is 570. The van der Waals surface area contributed by atoms with E-state index in [1.54, 1.807) is 7.05 Å². The Kier molecular flexibility index (Phi) is 5.24. The highest BCUT2D eigenvalue weighted by molar-refractivity contribution is 8.00. The number of methoxy groups -OCH3 is 1. The quantitative estimate of drug-likeness (QED) is 0.422. The molecule has 0 aromatic heterocycles. The van der Waals surface area contributed by atoms with Gasteiger partial charge < -0.3 is 24.2 Å². The zero-order valence-corrected chi connectivity index (χ0v) is 14.4. The predicted octanol–water partition coefficient (Wildman–Crippen LogP) is 0.0351. The van der Waals surface area contributed by atoms with E-state index < -0.39 is 13.5 Å². The fourth-order valence-corrected chi connectivity index (χ4v) is 4.78. The Morgan fingerprint density at radius 2 is 2.09 bits per heavy atom. The fraction of sp³-hybridized carbons (Fsp3) is 0.583. The maximum absolute atomic E-state index is 12.3. The number of β-lactam (4-membered cyclic amide) rings is 1. The molecule has 1 N–H and O–H groups in total. The summed E-state index contributed by atoms with van der Waals surface area (Å²) < 4.78 is 26.8. The van der Waals surface area contributed by atoms with Crippen molar-refractivity contribution in [2.75, 3.05) is 34.1 Å². The molecule has 2 heterocycles. The molecule has 22 heavy (non-hydrogen) atoms. The smallest absolute Gasteiger partial charge is 0.354 e. The SMILES string of the molecule is CNC1C(=O)N2C(=C([O-])OC)C(=CP(=O)(OC)OC)CSC12. The van der Waals surface area contributed by atoms with Crippen LogP contribution in [0.5, 0.6) is 0 Å². The van der Waals surface area contributed by atoms with Crippen LogP contribution in [0.2, 0.25) is 0 Å². The van der Waals surface area contributed by atoms with Crippen LogP contribution in [-0.2, 0) is 23.1 Å². The number of hydrogen-bond acceptors (Lipinski definition) is 8. The van der Waals surface area contributed by atoms with E-state index >= 15 is 0 Å². The molecule has 2 rings (SSSR count). The molecule has 2 fully saturated rings. The van der Waals surface area contributed by atoms with Crippen LogP contribution in [-0.4, -0.2) is 56.4 Å². The standard InChI is InChI=1S/C12H19N2O6PS/c1-13-8-10(15)14-9(12(16)18-2)7(6-22-11(8)14)5-21(17,19-3)20-4/h5,8,11,13,16H,6H2,1-4H3/p-1. The molecule has 2 aliphatic rings. The third-order valence-electron chi connectivity index (χ3n) is 3.51. The van der Waals surface area contributed by atoms with Crippen LogP contribution >= 0.6 is 19.4 Å². The number of fused-ring (bicyclic) bond motifs is 1. The molecule has 2 atom stereocenters. The second-order valence-electron chi connectivity index (χ2n) is 4.58. The van der Waals surface area contributed by atoms with Crippen LogP contribution in [0.25, 0.3) is 0 Å². The third kappa shape index (κ3) is 2.79. The number of nitrogens with one attached hydrogen (secondary N) is 1. The van der Waals surface area contributed by atoms with Gasteiger partial charge in [0, 0.05) is 25.8 Å². The minimum atomic E-state index is -3.46. The van der Waals surface area contributed by atoms with E-state index in [1.165, 1.54) is 43.8 Å². The number of ether oxygens (including phenoxy) is 1. The maximum Gasteiger partial charge on any atom is 0.354 e. The van der Waals surface area contributed by atoms with Gasteiger partial charge in [-0.1, -0.05) is 0 Å². The second-order valence-corrected chi connectivity index (χ2v) is 7.75. The third-order valence-corrected chi connectivity index (χ3v) is 6.46. The van der Waals surface area contributed by atoms with Crippen molar-refractivity contribution < 1.29 is 28.3 Å². The number of hydrogen-bond donors (Lipinski definition) is 1. The first kappa shape index (κ1) is 17.4. The van der Waals surface area contributed by atoms with E-state index in [0.29, 0.717) is 11.3 Å². The average Bonchev–Trinajstić information content (AvgIpc) is 2.54. The van der Waals surface area contributed by atoms with E-state index in [-0.39, 0.29) is 23.0 Å². The van der Waals surface area contributed by atoms with Crippen LogP contribution < -0.4 is 10.4 Å². The Balaban J connectivity index is 2.44. The van der Waals surface area contributed by atoms with E-state index in [0.717, 1.165) is 0 Å². The van der Waals surface area contributed by atoms with E-state index in [1.807, 2.05) is 0 Å². The van der Waals surface area contributed by atoms with Gasteiger partial charge in [-0.3, -0.25) is 14.3 Å². The van der Waals surface area contributed by atoms with Crippen molar-refractivity contribution in [3.05, 3.63) is 23.0 Å². The van der Waals surface area contributed by atoms with E-state index in [2.05, 4.69) is 5.32 Å². The summed E-state index contributed by atoms with van der Waals surface area (Å²) in [5.74, 6) is 0.782. The summed E-state index contributed by atoms with van der Waals surface area (Å²) in [4.78, 5) is 13.5. The molecule has 0 aromatic rings. The summed E-state index contributed by atoms with van der Waals surface area (Å²) in [5.41, 5.74) is 0.500. The summed E-state index contributed by atoms with van der Waals surface area (Å²) in [6.07, 6.45) is 0. The van der Waals surface area contributed by atoms with Crippen molar-refractivity contribution in [2.24, 2.45) is 0 Å². The van der Waals surface area contributed by atoms with Gasteiger partial charge in [0.25, 0.3) is 0 Å². The van der Waals surface area contributed by atoms with Gasteiger partial charge in [-0.2, -0.15) is 0 Å². The first-order valence-electron chi connectivity index (χ1n) is 6.43. The molecule has 0 aromatic carbocycles. The predicted molar refractivity (Wildman–Crippen MR) is 79.7 cm³/mol. The first-order valence-corrected chi connectivity index (χ1v) is 9.09. The monoisotopic (exact) mass is 349 g/mol. The molecular formula is C12H18N2O6PS-. The largest absolute Gasteiger partial charge is 0.615 e. The van der Waals surface area contributed by atoms with E-state index in [4.69, 9.17) is 13.8 Å². The Morgan fingerprint density at radius 1 is 1.45 bits per heavy atom. The van der Waals surface area contributed by atoms with Crippen molar-refractivity contribution in [1.82, 2.24) is 10.2 Å². The number of carbonyl (C=O) groups excluding carboxylic acids is 1. The van der Waals surface area contributed by atoms with Crippen LogP contribution in [0, 0.1) is 0 Å². The highest BCUT2D eigenvalue weighted by Gasteiger charge is 2.52. The Labute approximate surface area is 133 Å². The molecule has 0 spiro atoms. The topological polar surface area (TPSA) is 100 Å². The number of amides is 1. The lowest BCUT2D eigenvalue weighted by Crippen LogP contribution is -2.69. The minimum Gasteiger partial charge on any atom is -0.615 e. The van der Waals surface area contributed by atoms with E-state index in [9.17, 15) is 14.5 Å². The van der Waals surface area contributed by atoms with Crippen molar-refractivity contribution in [2.45, 2.75) is 11.4 Å². The zero-order valence-electron chi connectivity index (χ0n) is 12.7. The molecule has 0 bridgehead atoms. The molecular weight excluding hydrogens is 331 g/mol. The second kappa shape index (κ2) is 6.64. The van der Waals surface area contributed by atoms with Gasteiger partial charge in [-0.15, -0.1) is 11.8 Å². The van der Waals surface area contributed by atoms with Gasteiger partial charge >= 0.3 is 7.60 Å². The fourth-order valence-electron chi connectivity index (χ4n) is 2.33. The number of thioether (sulfide) groups is 1. The lowest BCUT2D eigenvalue weighted by molar-refractivity contribution is -0.356. The summed E-state index contributed by atoms with van der Waals surface area (Å²) in [6.45, 7) is 0. The van der Waals surface area contributed by atoms with Gasteiger partial charge in [-0.05, 0) is 19.7 Å². The van der Waals surface area contributed by atoms with Crippen LogP contribution in [0.3, 0.4) is 0 Å². The summed E-state index contributed by atoms with van der Waals surface area (Å²) >= 11 is 1.46. The Hall–Kier alpha value is -0.990.